The average Bonchev–Trinajstić information content (AvgIpc) is 2.23. The standard InChI is InChI=1S/C12H23O4Si4/c1-18(2)13-17(12-10-8-7-9-11-12)14-19(3,4)16-20(5,6)15-18/h7-11H,1-6H3. The fourth-order valence-electron chi connectivity index (χ4n) is 2.41. The van der Waals surface area contributed by atoms with Crippen molar-refractivity contribution in [1.29, 1.82) is 0 Å². The van der Waals surface area contributed by atoms with Crippen molar-refractivity contribution in [1.82, 2.24) is 0 Å². The molecular formula is C12H23O4Si4. The molecule has 1 aliphatic heterocycles. The first-order valence-electron chi connectivity index (χ1n) is 6.79. The lowest BCUT2D eigenvalue weighted by molar-refractivity contribution is 0.254. The Hall–Kier alpha value is -0.0725. The van der Waals surface area contributed by atoms with Crippen molar-refractivity contribution in [3.8, 4) is 0 Å². The number of hydrogen-bond acceptors (Lipinski definition) is 4. The normalized spacial score (nSPS) is 25.7. The van der Waals surface area contributed by atoms with E-state index in [4.69, 9.17) is 16.5 Å². The number of benzene rings is 1. The fraction of sp³-hybridized carbons (Fsp3) is 0.500. The third-order valence-corrected chi connectivity index (χ3v) is 16.8. The molecule has 0 spiro atoms. The molecule has 0 amide bonds. The molecule has 20 heavy (non-hydrogen) atoms. The highest BCUT2D eigenvalue weighted by molar-refractivity contribution is 6.91. The second kappa shape index (κ2) is 5.61. The molecule has 1 saturated heterocycles. The van der Waals surface area contributed by atoms with Crippen molar-refractivity contribution in [3.05, 3.63) is 30.3 Å². The van der Waals surface area contributed by atoms with E-state index < -0.39 is 35.0 Å². The summed E-state index contributed by atoms with van der Waals surface area (Å²) in [7, 11) is -8.21. The monoisotopic (exact) mass is 343 g/mol. The zero-order valence-electron chi connectivity index (χ0n) is 13.0. The van der Waals surface area contributed by atoms with Crippen molar-refractivity contribution in [2.24, 2.45) is 0 Å². The molecule has 8 heteroatoms. The van der Waals surface area contributed by atoms with Crippen LogP contribution in [0.5, 0.6) is 0 Å². The van der Waals surface area contributed by atoms with Gasteiger partial charge in [-0.3, -0.25) is 0 Å². The zero-order valence-corrected chi connectivity index (χ0v) is 17.0. The second-order valence-corrected chi connectivity index (χ2v) is 19.1. The van der Waals surface area contributed by atoms with Crippen molar-refractivity contribution in [2.75, 3.05) is 0 Å². The maximum atomic E-state index is 6.32. The van der Waals surface area contributed by atoms with E-state index in [1.54, 1.807) is 0 Å². The predicted molar refractivity (Wildman–Crippen MR) is 88.6 cm³/mol. The van der Waals surface area contributed by atoms with Crippen LogP contribution in [0.3, 0.4) is 0 Å². The molecule has 2 rings (SSSR count). The molecule has 1 aliphatic rings. The lowest BCUT2D eigenvalue weighted by atomic mass is 10.4. The van der Waals surface area contributed by atoms with E-state index in [9.17, 15) is 0 Å². The van der Waals surface area contributed by atoms with Crippen LogP contribution in [0.4, 0.5) is 0 Å². The first-order chi connectivity index (χ1) is 9.09. The highest BCUT2D eigenvalue weighted by atomic mass is 28.5. The first-order valence-corrected chi connectivity index (χ1v) is 16.6. The van der Waals surface area contributed by atoms with Crippen LogP contribution in [-0.4, -0.2) is 35.0 Å². The van der Waals surface area contributed by atoms with Crippen LogP contribution < -0.4 is 5.19 Å². The maximum Gasteiger partial charge on any atom is 0.404 e. The third kappa shape index (κ3) is 4.46. The molecule has 1 radical (unpaired) electrons. The molecule has 111 valence electrons. The van der Waals surface area contributed by atoms with E-state index >= 15 is 0 Å². The molecule has 4 nitrogen and oxygen atoms in total. The molecule has 1 heterocycles. The summed E-state index contributed by atoms with van der Waals surface area (Å²) in [5.41, 5.74) is 0. The van der Waals surface area contributed by atoms with Gasteiger partial charge in [-0.05, 0) is 44.5 Å². The van der Waals surface area contributed by atoms with Gasteiger partial charge in [-0.25, -0.2) is 0 Å². The van der Waals surface area contributed by atoms with E-state index in [0.29, 0.717) is 0 Å². The minimum atomic E-state index is -2.24. The Morgan fingerprint density at radius 3 is 1.60 bits per heavy atom. The summed E-state index contributed by atoms with van der Waals surface area (Å²) in [6.45, 7) is 12.4. The largest absolute Gasteiger partial charge is 0.416 e. The third-order valence-electron chi connectivity index (χ3n) is 2.67. The van der Waals surface area contributed by atoms with Crippen LogP contribution in [0.15, 0.2) is 30.3 Å². The van der Waals surface area contributed by atoms with E-state index in [1.807, 2.05) is 18.2 Å². The van der Waals surface area contributed by atoms with E-state index in [0.717, 1.165) is 5.19 Å². The molecule has 0 aromatic heterocycles. The summed E-state index contributed by atoms with van der Waals surface area (Å²) < 4.78 is 25.2. The fourth-order valence-corrected chi connectivity index (χ4v) is 19.0. The molecule has 0 bridgehead atoms. The van der Waals surface area contributed by atoms with Gasteiger partial charge in [0.15, 0.2) is 0 Å². The number of hydrogen-bond donors (Lipinski definition) is 0. The minimum Gasteiger partial charge on any atom is -0.416 e. The highest BCUT2D eigenvalue weighted by Gasteiger charge is 2.48. The van der Waals surface area contributed by atoms with Crippen molar-refractivity contribution < 1.29 is 16.5 Å². The number of rotatable bonds is 1. The summed E-state index contributed by atoms with van der Waals surface area (Å²) in [5, 5.41) is 1.12. The van der Waals surface area contributed by atoms with Gasteiger partial charge in [-0.2, -0.15) is 0 Å². The van der Waals surface area contributed by atoms with Crippen molar-refractivity contribution in [2.45, 2.75) is 39.3 Å². The second-order valence-electron chi connectivity index (χ2n) is 6.26. The van der Waals surface area contributed by atoms with Gasteiger partial charge in [-0.1, -0.05) is 30.3 Å². The quantitative estimate of drug-likeness (QED) is 0.735. The molecule has 0 N–H and O–H groups in total. The Balaban J connectivity index is 2.30. The average molecular weight is 344 g/mol. The molecule has 1 aromatic carbocycles. The summed E-state index contributed by atoms with van der Waals surface area (Å²) in [6.07, 6.45) is 0. The van der Waals surface area contributed by atoms with E-state index in [1.165, 1.54) is 0 Å². The lowest BCUT2D eigenvalue weighted by Gasteiger charge is -2.43. The summed E-state index contributed by atoms with van der Waals surface area (Å²) in [4.78, 5) is 0. The van der Waals surface area contributed by atoms with Crippen LogP contribution in [0, 0.1) is 0 Å². The van der Waals surface area contributed by atoms with Crippen LogP contribution in [0.1, 0.15) is 0 Å². The van der Waals surface area contributed by atoms with Crippen molar-refractivity contribution >= 4 is 40.2 Å². The van der Waals surface area contributed by atoms with E-state index in [-0.39, 0.29) is 0 Å². The van der Waals surface area contributed by atoms with E-state index in [2.05, 4.69) is 51.4 Å². The van der Waals surface area contributed by atoms with Gasteiger partial charge in [0.1, 0.15) is 0 Å². The predicted octanol–water partition coefficient (Wildman–Crippen LogP) is 2.57. The van der Waals surface area contributed by atoms with Gasteiger partial charge < -0.3 is 16.5 Å². The van der Waals surface area contributed by atoms with Gasteiger partial charge in [0.05, 0.1) is 0 Å². The molecule has 0 unspecified atom stereocenters. The Morgan fingerprint density at radius 1 is 0.700 bits per heavy atom. The maximum absolute atomic E-state index is 6.32. The van der Waals surface area contributed by atoms with Gasteiger partial charge in [0, 0.05) is 0 Å². The first kappa shape index (κ1) is 16.3. The molecule has 1 fully saturated rings. The van der Waals surface area contributed by atoms with Gasteiger partial charge in [-0.15, -0.1) is 0 Å². The smallest absolute Gasteiger partial charge is 0.404 e. The zero-order chi connectivity index (χ0) is 15.0. The summed E-state index contributed by atoms with van der Waals surface area (Å²) >= 11 is 0. The van der Waals surface area contributed by atoms with Crippen LogP contribution in [-0.2, 0) is 16.5 Å². The van der Waals surface area contributed by atoms with Crippen molar-refractivity contribution in [3.63, 3.8) is 0 Å². The summed E-state index contributed by atoms with van der Waals surface area (Å²) in [6, 6.07) is 10.2. The molecule has 0 aliphatic carbocycles. The molecule has 1 aromatic rings. The lowest BCUT2D eigenvalue weighted by Crippen LogP contribution is -2.63. The Kier molecular flexibility index (Phi) is 4.57. The Bertz CT molecular complexity index is 442. The summed E-state index contributed by atoms with van der Waals surface area (Å²) in [5.74, 6) is 0. The SMILES string of the molecule is C[Si]1(C)O[Si](c2ccccc2)O[Si](C)(C)O[Si](C)(C)O1. The van der Waals surface area contributed by atoms with Crippen LogP contribution in [0.2, 0.25) is 39.3 Å². The highest BCUT2D eigenvalue weighted by Crippen LogP contribution is 2.26. The van der Waals surface area contributed by atoms with Gasteiger partial charge in [0.25, 0.3) is 0 Å². The minimum absolute atomic E-state index is 1.12. The van der Waals surface area contributed by atoms with Gasteiger partial charge in [0.2, 0.25) is 0 Å². The topological polar surface area (TPSA) is 36.9 Å². The Labute approximate surface area is 126 Å². The van der Waals surface area contributed by atoms with Crippen LogP contribution >= 0.6 is 0 Å². The van der Waals surface area contributed by atoms with Gasteiger partial charge >= 0.3 is 35.0 Å². The molecule has 0 saturated carbocycles. The molecule has 0 atom stereocenters. The van der Waals surface area contributed by atoms with Crippen LogP contribution in [0.25, 0.3) is 0 Å². The Morgan fingerprint density at radius 2 is 1.15 bits per heavy atom. The molecular weight excluding hydrogens is 320 g/mol.